The quantitative estimate of drug-likeness (QED) is 0.240. The zero-order chi connectivity index (χ0) is 27.5. The van der Waals surface area contributed by atoms with Crippen LogP contribution in [0.2, 0.25) is 5.02 Å². The number of hydrogen-bond donors (Lipinski definition) is 4. The number of anilines is 2. The van der Waals surface area contributed by atoms with Crippen molar-refractivity contribution in [3.8, 4) is 11.4 Å². The summed E-state index contributed by atoms with van der Waals surface area (Å²) in [5.41, 5.74) is 4.57. The van der Waals surface area contributed by atoms with Gasteiger partial charge >= 0.3 is 0 Å². The molecule has 1 aliphatic rings. The molecule has 0 saturated carbocycles. The third-order valence-electron chi connectivity index (χ3n) is 7.12. The number of nitrogens with zero attached hydrogens (tertiary/aromatic N) is 3. The Bertz CT molecular complexity index is 1520. The Kier molecular flexibility index (Phi) is 8.15. The van der Waals surface area contributed by atoms with Gasteiger partial charge in [-0.05, 0) is 54.8 Å². The maximum Gasteiger partial charge on any atom is 0.261 e. The van der Waals surface area contributed by atoms with E-state index in [9.17, 15) is 18.7 Å². The number of fused-ring (bicyclic) bond motifs is 1. The van der Waals surface area contributed by atoms with Crippen molar-refractivity contribution in [2.45, 2.75) is 19.4 Å². The van der Waals surface area contributed by atoms with Gasteiger partial charge in [0.25, 0.3) is 5.56 Å². The number of nitrogens with one attached hydrogen (secondary N) is 3. The molecule has 3 heterocycles. The molecule has 1 saturated heterocycles. The summed E-state index contributed by atoms with van der Waals surface area (Å²) in [6.07, 6.45) is 1.11. The number of pyridine rings is 1. The molecule has 39 heavy (non-hydrogen) atoms. The molecular weight excluding hydrogens is 526 g/mol. The zero-order valence-electron chi connectivity index (χ0n) is 21.6. The van der Waals surface area contributed by atoms with Gasteiger partial charge in [-0.25, -0.2) is 9.37 Å². The average Bonchev–Trinajstić information content (AvgIpc) is 3.36. The van der Waals surface area contributed by atoms with Crippen molar-refractivity contribution in [2.75, 3.05) is 56.2 Å². The zero-order valence-corrected chi connectivity index (χ0v) is 22.4. The summed E-state index contributed by atoms with van der Waals surface area (Å²) in [5.74, 6) is -0.151. The number of imidazole rings is 1. The van der Waals surface area contributed by atoms with E-state index >= 15 is 0 Å². The van der Waals surface area contributed by atoms with Crippen LogP contribution >= 0.6 is 11.6 Å². The first-order valence-electron chi connectivity index (χ1n) is 13.0. The molecule has 0 amide bonds. The minimum Gasteiger partial charge on any atom is -0.387 e. The number of rotatable bonds is 9. The molecule has 206 valence electrons. The third-order valence-corrected chi connectivity index (χ3v) is 7.41. The van der Waals surface area contributed by atoms with Gasteiger partial charge in [0.1, 0.15) is 17.2 Å². The number of piperazine rings is 1. The molecule has 2 aromatic carbocycles. The highest BCUT2D eigenvalue weighted by atomic mass is 35.5. The summed E-state index contributed by atoms with van der Waals surface area (Å²) in [5, 5.41) is 13.7. The molecule has 8 nitrogen and oxygen atoms in total. The second kappa shape index (κ2) is 11.7. The normalized spacial score (nSPS) is 15.2. The molecule has 2 aromatic heterocycles. The molecule has 5 rings (SSSR count). The number of aryl methyl sites for hydroxylation is 1. The monoisotopic (exact) mass is 556 g/mol. The number of aromatic amines is 2. The highest BCUT2D eigenvalue weighted by Gasteiger charge is 2.20. The van der Waals surface area contributed by atoms with Crippen LogP contribution < -0.4 is 15.8 Å². The fraction of sp³-hybridized carbons (Fsp3) is 0.357. The van der Waals surface area contributed by atoms with Crippen molar-refractivity contribution in [3.05, 3.63) is 74.9 Å². The van der Waals surface area contributed by atoms with Gasteiger partial charge in [-0.1, -0.05) is 17.7 Å². The lowest BCUT2D eigenvalue weighted by Gasteiger charge is -2.36. The molecule has 1 fully saturated rings. The summed E-state index contributed by atoms with van der Waals surface area (Å²) < 4.78 is 26.0. The van der Waals surface area contributed by atoms with Crippen LogP contribution in [0, 0.1) is 12.7 Å². The smallest absolute Gasteiger partial charge is 0.261 e. The fourth-order valence-electron chi connectivity index (χ4n) is 4.99. The molecule has 11 heteroatoms. The van der Waals surface area contributed by atoms with Crippen LogP contribution in [0.25, 0.3) is 22.4 Å². The highest BCUT2D eigenvalue weighted by Crippen LogP contribution is 2.30. The van der Waals surface area contributed by atoms with E-state index in [1.165, 1.54) is 24.4 Å². The number of halogens is 3. The lowest BCUT2D eigenvalue weighted by atomic mass is 10.1. The molecule has 1 unspecified atom stereocenters. The predicted octanol–water partition coefficient (Wildman–Crippen LogP) is 4.65. The maximum atomic E-state index is 13.5. The topological polar surface area (TPSA) is 100 Å². The predicted molar refractivity (Wildman–Crippen MR) is 151 cm³/mol. The van der Waals surface area contributed by atoms with E-state index in [0.29, 0.717) is 29.1 Å². The fourth-order valence-corrected chi connectivity index (χ4v) is 5.18. The van der Waals surface area contributed by atoms with Crippen molar-refractivity contribution < 1.29 is 13.9 Å². The van der Waals surface area contributed by atoms with Crippen molar-refractivity contribution in [3.63, 3.8) is 0 Å². The van der Waals surface area contributed by atoms with Crippen LogP contribution in [-0.4, -0.2) is 70.9 Å². The average molecular weight is 557 g/mol. The molecule has 0 spiro atoms. The van der Waals surface area contributed by atoms with Crippen molar-refractivity contribution in [1.29, 1.82) is 0 Å². The van der Waals surface area contributed by atoms with Crippen LogP contribution in [0.5, 0.6) is 0 Å². The molecule has 4 aromatic rings. The highest BCUT2D eigenvalue weighted by molar-refractivity contribution is 6.30. The minimum atomic E-state index is -0.979. The van der Waals surface area contributed by atoms with Gasteiger partial charge in [-0.15, -0.1) is 0 Å². The van der Waals surface area contributed by atoms with Crippen molar-refractivity contribution >= 4 is 34.0 Å². The minimum absolute atomic E-state index is 0.0686. The van der Waals surface area contributed by atoms with Crippen molar-refractivity contribution in [2.24, 2.45) is 0 Å². The van der Waals surface area contributed by atoms with E-state index < -0.39 is 11.9 Å². The Morgan fingerprint density at radius 1 is 1.18 bits per heavy atom. The Morgan fingerprint density at radius 3 is 2.72 bits per heavy atom. The third kappa shape index (κ3) is 5.93. The van der Waals surface area contributed by atoms with Crippen molar-refractivity contribution in [1.82, 2.24) is 19.9 Å². The Morgan fingerprint density at radius 2 is 1.97 bits per heavy atom. The van der Waals surface area contributed by atoms with Crippen LogP contribution in [0.1, 0.15) is 23.7 Å². The second-order valence-corrected chi connectivity index (χ2v) is 10.2. The summed E-state index contributed by atoms with van der Waals surface area (Å²) in [6, 6.07) is 9.90. The number of aliphatic hydroxyl groups excluding tert-OH is 1. The van der Waals surface area contributed by atoms with Gasteiger partial charge in [0.2, 0.25) is 0 Å². The standard InChI is InChI=1S/C28H31ClF2N6O2/c1-17-13-19(37-11-9-36(10-12-37)8-2-6-30)15-23-26(17)35-27(34-23)25-22(5-7-32-28(25)39)33-16-24(38)18-3-4-21(31)20(29)14-18/h3-5,7,13-15,24,38H,2,6,8-12,16H2,1H3,(H,34,35)(H2,32,33,39). The number of H-pyrrole nitrogens is 2. The number of benzene rings is 2. The number of aliphatic hydroxyl groups is 1. The number of aromatic nitrogens is 3. The maximum absolute atomic E-state index is 13.5. The molecule has 1 aliphatic heterocycles. The van der Waals surface area contributed by atoms with Crippen LogP contribution in [0.4, 0.5) is 20.2 Å². The second-order valence-electron chi connectivity index (χ2n) is 9.78. The van der Waals surface area contributed by atoms with Crippen LogP contribution in [0.15, 0.2) is 47.4 Å². The summed E-state index contributed by atoms with van der Waals surface area (Å²) in [4.78, 5) is 28.3. The molecule has 0 bridgehead atoms. The molecular formula is C28H31ClF2N6O2. The lowest BCUT2D eigenvalue weighted by Crippen LogP contribution is -2.46. The summed E-state index contributed by atoms with van der Waals surface area (Å²) in [6.45, 7) is 6.03. The van der Waals surface area contributed by atoms with E-state index in [1.54, 1.807) is 6.07 Å². The van der Waals surface area contributed by atoms with E-state index in [2.05, 4.69) is 31.2 Å². The first-order chi connectivity index (χ1) is 18.8. The first-order valence-corrected chi connectivity index (χ1v) is 13.3. The Balaban J connectivity index is 1.37. The van der Waals surface area contributed by atoms with Gasteiger partial charge in [0, 0.05) is 51.2 Å². The van der Waals surface area contributed by atoms with Gasteiger partial charge in [0.05, 0.1) is 34.5 Å². The van der Waals surface area contributed by atoms with E-state index in [1.807, 2.05) is 13.0 Å². The molecule has 0 aliphatic carbocycles. The van der Waals surface area contributed by atoms with Gasteiger partial charge in [0.15, 0.2) is 0 Å². The largest absolute Gasteiger partial charge is 0.387 e. The van der Waals surface area contributed by atoms with Crippen LogP contribution in [0.3, 0.4) is 0 Å². The molecule has 0 radical (unpaired) electrons. The number of hydrogen-bond acceptors (Lipinski definition) is 6. The van der Waals surface area contributed by atoms with E-state index in [-0.39, 0.29) is 23.8 Å². The Hall–Kier alpha value is -3.47. The first kappa shape index (κ1) is 27.1. The van der Waals surface area contributed by atoms with E-state index in [0.717, 1.165) is 55.0 Å². The Labute approximate surface area is 229 Å². The van der Waals surface area contributed by atoms with Gasteiger partial charge < -0.3 is 25.3 Å². The molecule has 1 atom stereocenters. The lowest BCUT2D eigenvalue weighted by molar-refractivity contribution is 0.191. The SMILES string of the molecule is Cc1cc(N2CCN(CCCF)CC2)cc2[nH]c(-c3c(NCC(O)c4ccc(F)c(Cl)c4)cc[nH]c3=O)nc12. The van der Waals surface area contributed by atoms with Gasteiger partial charge in [-0.2, -0.15) is 0 Å². The van der Waals surface area contributed by atoms with Gasteiger partial charge in [-0.3, -0.25) is 14.1 Å². The van der Waals surface area contributed by atoms with E-state index in [4.69, 9.17) is 16.6 Å². The summed E-state index contributed by atoms with van der Waals surface area (Å²) >= 11 is 5.86. The summed E-state index contributed by atoms with van der Waals surface area (Å²) in [7, 11) is 0. The molecule has 4 N–H and O–H groups in total. The number of alkyl halides is 1. The van der Waals surface area contributed by atoms with Crippen LogP contribution in [-0.2, 0) is 0 Å².